The van der Waals surface area contributed by atoms with Crippen LogP contribution in [0.1, 0.15) is 0 Å². The Labute approximate surface area is 40.4 Å². The number of halogens is 1. The molecule has 0 saturated carbocycles. The van der Waals surface area contributed by atoms with E-state index in [2.05, 4.69) is 4.84 Å². The van der Waals surface area contributed by atoms with Gasteiger partial charge in [-0.2, -0.15) is 0 Å². The van der Waals surface area contributed by atoms with E-state index in [0.29, 0.717) is 0 Å². The van der Waals surface area contributed by atoms with Gasteiger partial charge in [0.25, 0.3) is 0 Å². The molecule has 0 aliphatic rings. The molecule has 0 rings (SSSR count). The third-order valence-corrected chi connectivity index (χ3v) is 0.293. The molecule has 1 radical (unpaired) electrons. The maximum Gasteiger partial charge on any atom is 0.335 e. The average Bonchev–Trinajstić information content (AvgIpc) is 1.69. The summed E-state index contributed by atoms with van der Waals surface area (Å²) in [4.78, 5) is 13.3. The zero-order valence-corrected chi connectivity index (χ0v) is 3.61. The molecule has 3 nitrogen and oxygen atoms in total. The van der Waals surface area contributed by atoms with Crippen LogP contribution in [0.2, 0.25) is 0 Å². The minimum absolute atomic E-state index is 0.116. The number of hydrogen-bond donors (Lipinski definition) is 1. The first kappa shape index (κ1) is 6.36. The largest absolute Gasteiger partial charge is 0.335 e. The molecule has 1 amide bonds. The maximum absolute atomic E-state index is 11.0. The lowest BCUT2D eigenvalue weighted by molar-refractivity contribution is 0.0715. The van der Waals surface area contributed by atoms with Gasteiger partial charge in [-0.15, -0.1) is 0 Å². The minimum atomic E-state index is -0.602. The van der Waals surface area contributed by atoms with Crippen molar-refractivity contribution >= 4 is 6.41 Å². The summed E-state index contributed by atoms with van der Waals surface area (Å²) >= 11 is 0. The third-order valence-electron chi connectivity index (χ3n) is 0.293. The van der Waals surface area contributed by atoms with E-state index < -0.39 is 6.67 Å². The van der Waals surface area contributed by atoms with Gasteiger partial charge in [0.15, 0.2) is 0 Å². The second kappa shape index (κ2) is 5.36. The molecule has 0 bridgehead atoms. The molecular formula is C3H5FNO2. The Morgan fingerprint density at radius 1 is 1.86 bits per heavy atom. The molecule has 0 saturated heterocycles. The van der Waals surface area contributed by atoms with Gasteiger partial charge in [0.1, 0.15) is 13.3 Å². The molecule has 0 aliphatic heterocycles. The Bertz CT molecular complexity index is 50.2. The predicted octanol–water partition coefficient (Wildman–Crippen LogP) is -0.456. The number of alkyl halides is 1. The van der Waals surface area contributed by atoms with Gasteiger partial charge in [0, 0.05) is 0 Å². The molecule has 0 unspecified atom stereocenters. The Kier molecular flexibility index (Phi) is 4.87. The highest BCUT2D eigenvalue weighted by atomic mass is 19.1. The third kappa shape index (κ3) is 5.36. The van der Waals surface area contributed by atoms with Gasteiger partial charge in [0.05, 0.1) is 0 Å². The number of amides is 1. The van der Waals surface area contributed by atoms with Crippen LogP contribution in [-0.2, 0) is 9.63 Å². The van der Waals surface area contributed by atoms with Crippen molar-refractivity contribution in [2.24, 2.45) is 0 Å². The Morgan fingerprint density at radius 2 is 2.57 bits per heavy atom. The molecule has 0 atom stereocenters. The van der Waals surface area contributed by atoms with Crippen LogP contribution in [-0.4, -0.2) is 19.7 Å². The van der Waals surface area contributed by atoms with Gasteiger partial charge < -0.3 is 0 Å². The molecular weight excluding hydrogens is 101 g/mol. The fourth-order valence-corrected chi connectivity index (χ4v) is 0.119. The van der Waals surface area contributed by atoms with Gasteiger partial charge in [-0.25, -0.2) is 9.87 Å². The van der Waals surface area contributed by atoms with Crippen LogP contribution in [0.3, 0.4) is 0 Å². The number of hydrogen-bond acceptors (Lipinski definition) is 2. The number of carbonyl (C=O) groups excluding carboxylic acids is 1. The van der Waals surface area contributed by atoms with E-state index in [4.69, 9.17) is 0 Å². The van der Waals surface area contributed by atoms with Crippen molar-refractivity contribution in [1.29, 1.82) is 0 Å². The van der Waals surface area contributed by atoms with Crippen molar-refractivity contribution < 1.29 is 14.0 Å². The normalized spacial score (nSPS) is 8.14. The highest BCUT2D eigenvalue weighted by Crippen LogP contribution is 1.65. The summed E-state index contributed by atoms with van der Waals surface area (Å²) in [6, 6.07) is 0. The Balaban J connectivity index is 2.56. The van der Waals surface area contributed by atoms with Crippen LogP contribution in [0.5, 0.6) is 0 Å². The molecule has 7 heavy (non-hydrogen) atoms. The maximum atomic E-state index is 11.0. The fourth-order valence-electron chi connectivity index (χ4n) is 0.119. The highest BCUT2D eigenvalue weighted by molar-refractivity contribution is 5.44. The monoisotopic (exact) mass is 106 g/mol. The minimum Gasteiger partial charge on any atom is -0.270 e. The first-order valence-electron chi connectivity index (χ1n) is 1.71. The number of rotatable bonds is 4. The van der Waals surface area contributed by atoms with E-state index in [0.717, 1.165) is 0 Å². The van der Waals surface area contributed by atoms with E-state index in [1.54, 1.807) is 5.48 Å². The van der Waals surface area contributed by atoms with Crippen molar-refractivity contribution in [3.63, 3.8) is 0 Å². The van der Waals surface area contributed by atoms with Crippen molar-refractivity contribution in [2.45, 2.75) is 0 Å². The van der Waals surface area contributed by atoms with Crippen molar-refractivity contribution in [1.82, 2.24) is 5.48 Å². The van der Waals surface area contributed by atoms with Crippen LogP contribution in [0.25, 0.3) is 0 Å². The van der Waals surface area contributed by atoms with E-state index in [1.807, 2.05) is 0 Å². The van der Waals surface area contributed by atoms with Crippen molar-refractivity contribution in [3.05, 3.63) is 0 Å². The second-order valence-corrected chi connectivity index (χ2v) is 0.742. The lowest BCUT2D eigenvalue weighted by Gasteiger charge is -1.90. The molecule has 41 valence electrons. The predicted molar refractivity (Wildman–Crippen MR) is 20.8 cm³/mol. The van der Waals surface area contributed by atoms with Crippen LogP contribution >= 0.6 is 0 Å². The summed E-state index contributed by atoms with van der Waals surface area (Å²) in [6.45, 7) is -0.718. The van der Waals surface area contributed by atoms with Crippen LogP contribution < -0.4 is 5.48 Å². The summed E-state index contributed by atoms with van der Waals surface area (Å²) in [5.74, 6) is 0. The molecule has 0 aliphatic carbocycles. The lowest BCUT2D eigenvalue weighted by atomic mass is 10.8. The van der Waals surface area contributed by atoms with E-state index >= 15 is 0 Å². The highest BCUT2D eigenvalue weighted by Gasteiger charge is 1.79. The van der Waals surface area contributed by atoms with Gasteiger partial charge in [-0.3, -0.25) is 9.63 Å². The molecule has 0 fully saturated rings. The zero-order valence-electron chi connectivity index (χ0n) is 3.61. The van der Waals surface area contributed by atoms with Crippen LogP contribution in [0, 0.1) is 0 Å². The quantitative estimate of drug-likeness (QED) is 0.299. The van der Waals surface area contributed by atoms with Crippen LogP contribution in [0.4, 0.5) is 4.39 Å². The average molecular weight is 106 g/mol. The van der Waals surface area contributed by atoms with Crippen molar-refractivity contribution in [3.8, 4) is 0 Å². The summed E-state index contributed by atoms with van der Waals surface area (Å²) in [6.07, 6.45) is 1.21. The lowest BCUT2D eigenvalue weighted by Crippen LogP contribution is -2.12. The van der Waals surface area contributed by atoms with Gasteiger partial charge in [-0.05, 0) is 0 Å². The van der Waals surface area contributed by atoms with Crippen LogP contribution in [0.15, 0.2) is 0 Å². The standard InChI is InChI=1S/C3H5FNO2/c4-1-2-7-5-3-6/h1-2H2,(H,5,6). The van der Waals surface area contributed by atoms with Gasteiger partial charge in [0.2, 0.25) is 0 Å². The topological polar surface area (TPSA) is 38.3 Å². The first-order chi connectivity index (χ1) is 3.41. The number of hydroxylamine groups is 1. The summed E-state index contributed by atoms with van der Waals surface area (Å²) in [5.41, 5.74) is 1.70. The van der Waals surface area contributed by atoms with Gasteiger partial charge >= 0.3 is 6.41 Å². The summed E-state index contributed by atoms with van der Waals surface area (Å²) in [7, 11) is 0. The Morgan fingerprint density at radius 3 is 3.00 bits per heavy atom. The summed E-state index contributed by atoms with van der Waals surface area (Å²) in [5, 5.41) is 0. The molecule has 4 heteroatoms. The van der Waals surface area contributed by atoms with Crippen molar-refractivity contribution in [2.75, 3.05) is 13.3 Å². The molecule has 1 N–H and O–H groups in total. The second-order valence-electron chi connectivity index (χ2n) is 0.742. The van der Waals surface area contributed by atoms with Gasteiger partial charge in [-0.1, -0.05) is 0 Å². The molecule has 0 heterocycles. The van der Waals surface area contributed by atoms with E-state index in [9.17, 15) is 9.18 Å². The molecule has 0 aromatic heterocycles. The smallest absolute Gasteiger partial charge is 0.270 e. The van der Waals surface area contributed by atoms with E-state index in [1.165, 1.54) is 6.41 Å². The van der Waals surface area contributed by atoms with E-state index in [-0.39, 0.29) is 6.61 Å². The summed E-state index contributed by atoms with van der Waals surface area (Å²) < 4.78 is 11.0. The Hall–Kier alpha value is -0.640. The molecule has 0 spiro atoms. The number of nitrogens with one attached hydrogen (secondary N) is 1. The molecule has 0 aromatic carbocycles. The fraction of sp³-hybridized carbons (Fsp3) is 0.667. The molecule has 0 aromatic rings. The zero-order chi connectivity index (χ0) is 5.54. The first-order valence-corrected chi connectivity index (χ1v) is 1.71. The SMILES string of the molecule is O=[C]NOCCF.